The molecule has 2 rings (SSSR count). The van der Waals surface area contributed by atoms with Crippen LogP contribution in [0, 0.1) is 0 Å². The van der Waals surface area contributed by atoms with Crippen molar-refractivity contribution in [3.63, 3.8) is 0 Å². The van der Waals surface area contributed by atoms with Crippen LogP contribution in [-0.2, 0) is 6.54 Å². The van der Waals surface area contributed by atoms with Crippen LogP contribution in [0.25, 0.3) is 0 Å². The first-order chi connectivity index (χ1) is 7.65. The summed E-state index contributed by atoms with van der Waals surface area (Å²) in [5.41, 5.74) is 7.59. The largest absolute Gasteiger partial charge is 0.326 e. The molecule has 0 atom stereocenters. The van der Waals surface area contributed by atoms with Crippen molar-refractivity contribution in [2.24, 2.45) is 5.73 Å². The zero-order valence-electron chi connectivity index (χ0n) is 10.1. The normalized spacial score (nSPS) is 16.5. The van der Waals surface area contributed by atoms with Gasteiger partial charge in [0.15, 0.2) is 0 Å². The molecule has 1 aromatic heterocycles. The van der Waals surface area contributed by atoms with Crippen molar-refractivity contribution >= 4 is 0 Å². The smallest absolute Gasteiger partial charge is 0.255 e. The molecule has 1 saturated carbocycles. The van der Waals surface area contributed by atoms with Crippen molar-refractivity contribution in [1.82, 2.24) is 4.57 Å². The van der Waals surface area contributed by atoms with Gasteiger partial charge in [-0.05, 0) is 38.7 Å². The van der Waals surface area contributed by atoms with E-state index in [2.05, 4.69) is 19.9 Å². The second-order valence-electron chi connectivity index (χ2n) is 4.88. The fourth-order valence-electron chi connectivity index (χ4n) is 2.33. The molecule has 1 heterocycles. The lowest BCUT2D eigenvalue weighted by Crippen LogP contribution is -2.31. The van der Waals surface area contributed by atoms with Crippen molar-refractivity contribution < 1.29 is 0 Å². The van der Waals surface area contributed by atoms with Gasteiger partial charge in [0.1, 0.15) is 0 Å². The van der Waals surface area contributed by atoms with E-state index >= 15 is 0 Å². The summed E-state index contributed by atoms with van der Waals surface area (Å²) < 4.78 is 1.92. The van der Waals surface area contributed by atoms with Gasteiger partial charge in [-0.2, -0.15) is 0 Å². The van der Waals surface area contributed by atoms with E-state index in [1.54, 1.807) is 0 Å². The van der Waals surface area contributed by atoms with Crippen LogP contribution < -0.4 is 11.3 Å². The maximum atomic E-state index is 12.2. The number of nitrogens with zero attached hydrogens (tertiary/aromatic N) is 1. The standard InChI is InChI=1S/C13H20N2O/c1-9(2)15-12(10-4-3-5-10)7-6-11(8-14)13(15)16/h6-7,9-10H,3-5,8,14H2,1-2H3. The van der Waals surface area contributed by atoms with Gasteiger partial charge in [0, 0.05) is 23.8 Å². The zero-order valence-corrected chi connectivity index (χ0v) is 10.1. The van der Waals surface area contributed by atoms with Crippen molar-refractivity contribution in [2.45, 2.75) is 51.6 Å². The van der Waals surface area contributed by atoms with Crippen LogP contribution in [-0.4, -0.2) is 4.57 Å². The number of hydrogen-bond acceptors (Lipinski definition) is 2. The van der Waals surface area contributed by atoms with Gasteiger partial charge in [-0.15, -0.1) is 0 Å². The van der Waals surface area contributed by atoms with Crippen molar-refractivity contribution in [3.8, 4) is 0 Å². The van der Waals surface area contributed by atoms with Crippen LogP contribution in [0.2, 0.25) is 0 Å². The Morgan fingerprint density at radius 2 is 2.12 bits per heavy atom. The van der Waals surface area contributed by atoms with Crippen molar-refractivity contribution in [2.75, 3.05) is 0 Å². The quantitative estimate of drug-likeness (QED) is 0.848. The number of aromatic nitrogens is 1. The number of nitrogens with two attached hydrogens (primary N) is 1. The van der Waals surface area contributed by atoms with E-state index in [0.29, 0.717) is 12.5 Å². The maximum absolute atomic E-state index is 12.2. The highest BCUT2D eigenvalue weighted by Gasteiger charge is 2.24. The number of pyridine rings is 1. The molecule has 3 nitrogen and oxygen atoms in total. The Bertz CT molecular complexity index is 430. The Balaban J connectivity index is 2.52. The number of rotatable bonds is 3. The molecular weight excluding hydrogens is 200 g/mol. The molecule has 2 N–H and O–H groups in total. The minimum atomic E-state index is 0.0990. The molecule has 0 spiro atoms. The first-order valence-corrected chi connectivity index (χ1v) is 6.09. The maximum Gasteiger partial charge on any atom is 0.255 e. The fraction of sp³-hybridized carbons (Fsp3) is 0.615. The van der Waals surface area contributed by atoms with Crippen LogP contribution in [0.5, 0.6) is 0 Å². The van der Waals surface area contributed by atoms with Crippen LogP contribution in [0.4, 0.5) is 0 Å². The van der Waals surface area contributed by atoms with Gasteiger partial charge in [0.05, 0.1) is 0 Å². The summed E-state index contributed by atoms with van der Waals surface area (Å²) in [6.45, 7) is 4.45. The van der Waals surface area contributed by atoms with E-state index in [1.807, 2.05) is 10.6 Å². The third kappa shape index (κ3) is 1.80. The minimum Gasteiger partial charge on any atom is -0.326 e. The first-order valence-electron chi connectivity index (χ1n) is 6.09. The van der Waals surface area contributed by atoms with Gasteiger partial charge in [-0.25, -0.2) is 0 Å². The van der Waals surface area contributed by atoms with Crippen LogP contribution in [0.1, 0.15) is 56.3 Å². The fourth-order valence-corrected chi connectivity index (χ4v) is 2.33. The van der Waals surface area contributed by atoms with Gasteiger partial charge < -0.3 is 10.3 Å². The van der Waals surface area contributed by atoms with E-state index in [1.165, 1.54) is 25.0 Å². The number of hydrogen-bond donors (Lipinski definition) is 1. The Hall–Kier alpha value is -1.09. The molecule has 0 saturated heterocycles. The van der Waals surface area contributed by atoms with Crippen molar-refractivity contribution in [3.05, 3.63) is 33.7 Å². The Morgan fingerprint density at radius 1 is 1.44 bits per heavy atom. The molecule has 1 aromatic rings. The minimum absolute atomic E-state index is 0.0990. The summed E-state index contributed by atoms with van der Waals surface area (Å²) in [4.78, 5) is 12.2. The average Bonchev–Trinajstić information content (AvgIpc) is 2.14. The SMILES string of the molecule is CC(C)n1c(C2CCC2)ccc(CN)c1=O. The van der Waals surface area contributed by atoms with Gasteiger partial charge in [-0.1, -0.05) is 12.5 Å². The summed E-state index contributed by atoms with van der Waals surface area (Å²) in [7, 11) is 0. The Kier molecular flexibility index (Phi) is 3.15. The molecule has 16 heavy (non-hydrogen) atoms. The van der Waals surface area contributed by atoms with E-state index in [4.69, 9.17) is 5.73 Å². The van der Waals surface area contributed by atoms with Gasteiger partial charge in [-0.3, -0.25) is 4.79 Å². The Labute approximate surface area is 96.3 Å². The predicted octanol–water partition coefficient (Wildman–Crippen LogP) is 2.16. The molecule has 0 amide bonds. The highest BCUT2D eigenvalue weighted by atomic mass is 16.1. The summed E-state index contributed by atoms with van der Waals surface area (Å²) in [6.07, 6.45) is 3.72. The lowest BCUT2D eigenvalue weighted by molar-refractivity contribution is 0.381. The van der Waals surface area contributed by atoms with Gasteiger partial charge in [0.25, 0.3) is 5.56 Å². The lowest BCUT2D eigenvalue weighted by Gasteiger charge is -2.30. The monoisotopic (exact) mass is 220 g/mol. The molecule has 3 heteroatoms. The Morgan fingerprint density at radius 3 is 2.56 bits per heavy atom. The van der Waals surface area contributed by atoms with E-state index in [-0.39, 0.29) is 11.6 Å². The van der Waals surface area contributed by atoms with E-state index < -0.39 is 0 Å². The molecule has 1 aliphatic carbocycles. The second kappa shape index (κ2) is 4.42. The van der Waals surface area contributed by atoms with Crippen LogP contribution in [0.3, 0.4) is 0 Å². The summed E-state index contributed by atoms with van der Waals surface area (Å²) in [5.74, 6) is 0.585. The molecule has 0 bridgehead atoms. The molecule has 1 aliphatic rings. The van der Waals surface area contributed by atoms with Crippen LogP contribution in [0.15, 0.2) is 16.9 Å². The highest BCUT2D eigenvalue weighted by molar-refractivity contribution is 5.21. The van der Waals surface area contributed by atoms with E-state index in [0.717, 1.165) is 5.56 Å². The summed E-state index contributed by atoms with van der Waals surface area (Å²) >= 11 is 0. The summed E-state index contributed by atoms with van der Waals surface area (Å²) in [6, 6.07) is 4.21. The molecular formula is C13H20N2O. The molecule has 0 aliphatic heterocycles. The van der Waals surface area contributed by atoms with Gasteiger partial charge >= 0.3 is 0 Å². The topological polar surface area (TPSA) is 48.0 Å². The molecule has 0 unspecified atom stereocenters. The van der Waals surface area contributed by atoms with Crippen molar-refractivity contribution in [1.29, 1.82) is 0 Å². The molecule has 0 radical (unpaired) electrons. The molecule has 1 fully saturated rings. The molecule has 88 valence electrons. The summed E-state index contributed by atoms with van der Waals surface area (Å²) in [5, 5.41) is 0. The lowest BCUT2D eigenvalue weighted by atomic mass is 9.82. The second-order valence-corrected chi connectivity index (χ2v) is 4.88. The third-order valence-corrected chi connectivity index (χ3v) is 3.49. The van der Waals surface area contributed by atoms with Gasteiger partial charge in [0.2, 0.25) is 0 Å². The molecule has 0 aromatic carbocycles. The first kappa shape index (κ1) is 11.4. The third-order valence-electron chi connectivity index (χ3n) is 3.49. The zero-order chi connectivity index (χ0) is 11.7. The van der Waals surface area contributed by atoms with Crippen LogP contribution >= 0.6 is 0 Å². The van der Waals surface area contributed by atoms with E-state index in [9.17, 15) is 4.79 Å². The highest BCUT2D eigenvalue weighted by Crippen LogP contribution is 2.36. The average molecular weight is 220 g/mol. The predicted molar refractivity (Wildman–Crippen MR) is 65.6 cm³/mol.